The van der Waals surface area contributed by atoms with E-state index in [0.717, 1.165) is 0 Å². The van der Waals surface area contributed by atoms with Gasteiger partial charge < -0.3 is 0 Å². The van der Waals surface area contributed by atoms with Crippen LogP contribution in [0.25, 0.3) is 0 Å². The first kappa shape index (κ1) is 14.0. The molecular formula is C7H23GeN3. The Morgan fingerprint density at radius 3 is 0.818 bits per heavy atom. The Balaban J connectivity index is 0. The van der Waals surface area contributed by atoms with Crippen LogP contribution < -0.4 is 0 Å². The van der Waals surface area contributed by atoms with Gasteiger partial charge >= 0.3 is 17.6 Å². The normalized spacial score (nSPS) is 11.5. The van der Waals surface area contributed by atoms with Gasteiger partial charge in [-0.2, -0.15) is 0 Å². The van der Waals surface area contributed by atoms with Crippen LogP contribution in [0.1, 0.15) is 0 Å². The average Bonchev–Trinajstić information content (AvgIpc) is 1.59. The average molecular weight is 222 g/mol. The SMILES string of the molecule is CN(C)C(N(C)C)N(C)C.[GeH4]. The zero-order valence-corrected chi connectivity index (χ0v) is 7.92. The van der Waals surface area contributed by atoms with E-state index in [1.165, 1.54) is 0 Å². The van der Waals surface area contributed by atoms with Crippen LogP contribution in [0.3, 0.4) is 0 Å². The monoisotopic (exact) mass is 223 g/mol. The predicted molar refractivity (Wildman–Crippen MR) is 56.2 cm³/mol. The molecule has 0 saturated heterocycles. The summed E-state index contributed by atoms with van der Waals surface area (Å²) in [5, 5.41) is 0. The van der Waals surface area contributed by atoms with Crippen molar-refractivity contribution in [2.75, 3.05) is 42.3 Å². The van der Waals surface area contributed by atoms with Gasteiger partial charge in [0.1, 0.15) is 6.29 Å². The number of hydrogen-bond acceptors (Lipinski definition) is 3. The molecular weight excluding hydrogens is 199 g/mol. The second kappa shape index (κ2) is 6.00. The van der Waals surface area contributed by atoms with Crippen molar-refractivity contribution in [3.05, 3.63) is 0 Å². The van der Waals surface area contributed by atoms with Crippen molar-refractivity contribution >= 4 is 17.6 Å². The first-order valence-corrected chi connectivity index (χ1v) is 3.46. The van der Waals surface area contributed by atoms with Crippen LogP contribution in [-0.4, -0.2) is 80.9 Å². The van der Waals surface area contributed by atoms with E-state index in [9.17, 15) is 0 Å². The van der Waals surface area contributed by atoms with Gasteiger partial charge in [-0.05, 0) is 42.3 Å². The Kier molecular flexibility index (Phi) is 7.62. The van der Waals surface area contributed by atoms with Gasteiger partial charge in [0.15, 0.2) is 0 Å². The van der Waals surface area contributed by atoms with Crippen LogP contribution in [0.15, 0.2) is 0 Å². The van der Waals surface area contributed by atoms with Crippen LogP contribution in [0.5, 0.6) is 0 Å². The van der Waals surface area contributed by atoms with Crippen LogP contribution in [0.2, 0.25) is 0 Å². The molecule has 11 heavy (non-hydrogen) atoms. The summed E-state index contributed by atoms with van der Waals surface area (Å²) in [4.78, 5) is 6.50. The third-order valence-electron chi connectivity index (χ3n) is 1.39. The summed E-state index contributed by atoms with van der Waals surface area (Å²) in [5.74, 6) is 0. The summed E-state index contributed by atoms with van der Waals surface area (Å²) in [6.07, 6.45) is 0.389. The molecule has 0 saturated carbocycles. The van der Waals surface area contributed by atoms with Crippen molar-refractivity contribution in [1.29, 1.82) is 0 Å². The molecule has 0 aliphatic carbocycles. The molecule has 70 valence electrons. The molecule has 0 heterocycles. The summed E-state index contributed by atoms with van der Waals surface area (Å²) in [5.41, 5.74) is 0. The number of rotatable bonds is 3. The van der Waals surface area contributed by atoms with Gasteiger partial charge in [-0.25, -0.2) is 0 Å². The minimum absolute atomic E-state index is 0. The molecule has 3 nitrogen and oxygen atoms in total. The maximum absolute atomic E-state index is 2.17. The summed E-state index contributed by atoms with van der Waals surface area (Å²) in [6, 6.07) is 0. The van der Waals surface area contributed by atoms with E-state index in [2.05, 4.69) is 57.0 Å². The molecule has 4 heteroatoms. The fourth-order valence-electron chi connectivity index (χ4n) is 1.39. The van der Waals surface area contributed by atoms with Gasteiger partial charge in [-0.1, -0.05) is 0 Å². The zero-order valence-electron chi connectivity index (χ0n) is 7.92. The molecule has 0 atom stereocenters. The van der Waals surface area contributed by atoms with Crippen LogP contribution >= 0.6 is 0 Å². The molecule has 0 radical (unpaired) electrons. The Labute approximate surface area is 81.3 Å². The van der Waals surface area contributed by atoms with Crippen LogP contribution in [0, 0.1) is 0 Å². The molecule has 0 aromatic heterocycles. The Morgan fingerprint density at radius 1 is 0.636 bits per heavy atom. The summed E-state index contributed by atoms with van der Waals surface area (Å²) >= 11 is 0. The molecule has 0 spiro atoms. The molecule has 0 aliphatic heterocycles. The fourth-order valence-corrected chi connectivity index (χ4v) is 1.39. The maximum atomic E-state index is 2.17. The third kappa shape index (κ3) is 4.79. The molecule has 0 rings (SSSR count). The molecule has 0 aromatic rings. The van der Waals surface area contributed by atoms with Crippen molar-refractivity contribution in [3.63, 3.8) is 0 Å². The van der Waals surface area contributed by atoms with Gasteiger partial charge in [-0.3, -0.25) is 14.7 Å². The van der Waals surface area contributed by atoms with Crippen molar-refractivity contribution in [3.8, 4) is 0 Å². The van der Waals surface area contributed by atoms with E-state index < -0.39 is 0 Å². The Bertz CT molecular complexity index is 74.7. The van der Waals surface area contributed by atoms with Crippen molar-refractivity contribution in [1.82, 2.24) is 14.7 Å². The second-order valence-corrected chi connectivity index (χ2v) is 3.24. The van der Waals surface area contributed by atoms with E-state index in [0.29, 0.717) is 6.29 Å². The summed E-state index contributed by atoms with van der Waals surface area (Å²) in [6.45, 7) is 0. The summed E-state index contributed by atoms with van der Waals surface area (Å²) in [7, 11) is 12.4. The predicted octanol–water partition coefficient (Wildman–Crippen LogP) is -1.50. The van der Waals surface area contributed by atoms with Gasteiger partial charge in [0.2, 0.25) is 0 Å². The molecule has 0 aliphatic rings. The topological polar surface area (TPSA) is 9.72 Å². The standard InChI is InChI=1S/C7H19N3.GeH4/c1-8(2)7(9(3)4)10(5)6;/h7H,1-6H3;1H4. The number of nitrogens with zero attached hydrogens (tertiary/aromatic N) is 3. The van der Waals surface area contributed by atoms with Crippen molar-refractivity contribution in [2.45, 2.75) is 6.29 Å². The first-order chi connectivity index (χ1) is 4.46. The molecule has 0 N–H and O–H groups in total. The first-order valence-electron chi connectivity index (χ1n) is 3.46. The molecule has 0 amide bonds. The second-order valence-electron chi connectivity index (χ2n) is 3.24. The van der Waals surface area contributed by atoms with E-state index in [1.807, 2.05) is 0 Å². The summed E-state index contributed by atoms with van der Waals surface area (Å²) < 4.78 is 0. The van der Waals surface area contributed by atoms with Crippen LogP contribution in [-0.2, 0) is 0 Å². The van der Waals surface area contributed by atoms with E-state index >= 15 is 0 Å². The van der Waals surface area contributed by atoms with E-state index in [1.54, 1.807) is 0 Å². The molecule has 0 aromatic carbocycles. The molecule has 0 fully saturated rings. The quantitative estimate of drug-likeness (QED) is 0.425. The van der Waals surface area contributed by atoms with Crippen molar-refractivity contribution < 1.29 is 0 Å². The zero-order chi connectivity index (χ0) is 8.31. The minimum atomic E-state index is 0. The van der Waals surface area contributed by atoms with Gasteiger partial charge in [-0.15, -0.1) is 0 Å². The fraction of sp³-hybridized carbons (Fsp3) is 1.00. The molecule has 0 unspecified atom stereocenters. The van der Waals surface area contributed by atoms with E-state index in [-0.39, 0.29) is 17.6 Å². The van der Waals surface area contributed by atoms with Gasteiger partial charge in [0, 0.05) is 0 Å². The van der Waals surface area contributed by atoms with Gasteiger partial charge in [0.05, 0.1) is 0 Å². The van der Waals surface area contributed by atoms with Gasteiger partial charge in [0.25, 0.3) is 0 Å². The molecule has 0 bridgehead atoms. The van der Waals surface area contributed by atoms with E-state index in [4.69, 9.17) is 0 Å². The third-order valence-corrected chi connectivity index (χ3v) is 1.39. The number of hydrogen-bond donors (Lipinski definition) is 0. The van der Waals surface area contributed by atoms with Crippen LogP contribution in [0.4, 0.5) is 0 Å². The Morgan fingerprint density at radius 2 is 0.818 bits per heavy atom. The Hall–Kier alpha value is 0.423. The van der Waals surface area contributed by atoms with Crippen molar-refractivity contribution in [2.24, 2.45) is 0 Å².